The molecule has 0 spiro atoms. The number of hydrogen-bond donors (Lipinski definition) is 0. The Balaban J connectivity index is 1.48. The van der Waals surface area contributed by atoms with Gasteiger partial charge >= 0.3 is 0 Å². The van der Waals surface area contributed by atoms with E-state index in [4.69, 9.17) is 9.72 Å². The van der Waals surface area contributed by atoms with Crippen LogP contribution in [0.3, 0.4) is 0 Å². The molecule has 2 aromatic carbocycles. The second-order valence-electron chi connectivity index (χ2n) is 8.42. The van der Waals surface area contributed by atoms with E-state index in [0.717, 1.165) is 46.1 Å². The number of aromatic nitrogens is 2. The molecule has 0 amide bonds. The topological polar surface area (TPSA) is 44.1 Å². The lowest BCUT2D eigenvalue weighted by atomic mass is 9.89. The molecule has 1 aliphatic rings. The van der Waals surface area contributed by atoms with Crippen LogP contribution < -0.4 is 10.3 Å². The summed E-state index contributed by atoms with van der Waals surface area (Å²) in [6.45, 7) is 4.90. The number of para-hydroxylation sites is 1. The summed E-state index contributed by atoms with van der Waals surface area (Å²) in [4.78, 5) is 20.9. The number of ether oxygens (including phenoxy) is 1. The molecular weight excluding hydrogens is 436 g/mol. The van der Waals surface area contributed by atoms with Crippen molar-refractivity contribution in [1.29, 1.82) is 0 Å². The minimum absolute atomic E-state index is 0.0513. The predicted molar refractivity (Wildman–Crippen MR) is 134 cm³/mol. The molecular formula is C26H26N2O2S2. The monoisotopic (exact) mass is 462 g/mol. The van der Waals surface area contributed by atoms with E-state index in [-0.39, 0.29) is 5.56 Å². The van der Waals surface area contributed by atoms with E-state index in [1.807, 2.05) is 48.5 Å². The normalized spacial score (nSPS) is 15.6. The van der Waals surface area contributed by atoms with E-state index >= 15 is 0 Å². The molecule has 2 aromatic heterocycles. The van der Waals surface area contributed by atoms with Crippen molar-refractivity contribution >= 4 is 33.3 Å². The number of thiophene rings is 1. The molecule has 2 heterocycles. The van der Waals surface area contributed by atoms with Crippen LogP contribution in [-0.4, -0.2) is 21.9 Å². The fourth-order valence-electron chi connectivity index (χ4n) is 4.27. The minimum atomic E-state index is 0.0513. The molecule has 0 radical (unpaired) electrons. The van der Waals surface area contributed by atoms with Gasteiger partial charge in [0.25, 0.3) is 5.56 Å². The molecule has 164 valence electrons. The first-order valence-corrected chi connectivity index (χ1v) is 12.9. The summed E-state index contributed by atoms with van der Waals surface area (Å²) in [5, 5.41) is 1.55. The quantitative estimate of drug-likeness (QED) is 0.199. The molecule has 6 heteroatoms. The Morgan fingerprint density at radius 3 is 2.84 bits per heavy atom. The van der Waals surface area contributed by atoms with Crippen molar-refractivity contribution < 1.29 is 4.74 Å². The highest BCUT2D eigenvalue weighted by molar-refractivity contribution is 7.99. The zero-order valence-corrected chi connectivity index (χ0v) is 20.0. The van der Waals surface area contributed by atoms with Crippen LogP contribution in [0.1, 0.15) is 29.3 Å². The number of fused-ring (bicyclic) bond motifs is 3. The van der Waals surface area contributed by atoms with E-state index in [1.54, 1.807) is 27.7 Å². The highest BCUT2D eigenvalue weighted by Crippen LogP contribution is 2.37. The summed E-state index contributed by atoms with van der Waals surface area (Å²) in [6.07, 6.45) is 3.16. The van der Waals surface area contributed by atoms with Crippen LogP contribution >= 0.6 is 23.1 Å². The maximum Gasteiger partial charge on any atom is 0.267 e. The molecule has 1 aliphatic carbocycles. The molecule has 1 unspecified atom stereocenters. The van der Waals surface area contributed by atoms with Crippen LogP contribution in [0.4, 0.5) is 0 Å². The average Bonchev–Trinajstić information content (AvgIpc) is 3.15. The average molecular weight is 463 g/mol. The van der Waals surface area contributed by atoms with Crippen molar-refractivity contribution in [3.63, 3.8) is 0 Å². The lowest BCUT2D eigenvalue weighted by molar-refractivity contribution is 0.343. The van der Waals surface area contributed by atoms with Gasteiger partial charge in [-0.2, -0.15) is 0 Å². The van der Waals surface area contributed by atoms with Gasteiger partial charge in [-0.15, -0.1) is 11.3 Å². The standard InChI is InChI=1S/C26H26N2O2S2/c1-17-7-6-10-20(15-17)30-13-14-31-26-27-24-23(21-12-11-18(2)16-22(21)32-24)25(29)28(26)19-8-4-3-5-9-19/h3-10,15,18H,11-14,16H2,1-2H3. The molecule has 0 bridgehead atoms. The van der Waals surface area contributed by atoms with Crippen LogP contribution in [0.2, 0.25) is 0 Å². The second kappa shape index (κ2) is 9.12. The highest BCUT2D eigenvalue weighted by Gasteiger charge is 2.25. The van der Waals surface area contributed by atoms with Gasteiger partial charge in [-0.25, -0.2) is 4.98 Å². The molecule has 32 heavy (non-hydrogen) atoms. The zero-order valence-electron chi connectivity index (χ0n) is 18.3. The van der Waals surface area contributed by atoms with Crippen molar-refractivity contribution in [3.8, 4) is 11.4 Å². The zero-order chi connectivity index (χ0) is 22.1. The van der Waals surface area contributed by atoms with E-state index < -0.39 is 0 Å². The third kappa shape index (κ3) is 4.21. The highest BCUT2D eigenvalue weighted by atomic mass is 32.2. The molecule has 0 aliphatic heterocycles. The summed E-state index contributed by atoms with van der Waals surface area (Å²) in [5.74, 6) is 2.25. The smallest absolute Gasteiger partial charge is 0.267 e. The van der Waals surface area contributed by atoms with Crippen molar-refractivity contribution in [2.24, 2.45) is 5.92 Å². The fraction of sp³-hybridized carbons (Fsp3) is 0.308. The maximum absolute atomic E-state index is 13.7. The van der Waals surface area contributed by atoms with Gasteiger partial charge in [-0.3, -0.25) is 9.36 Å². The molecule has 0 saturated carbocycles. The minimum Gasteiger partial charge on any atom is -0.493 e. The van der Waals surface area contributed by atoms with Gasteiger partial charge in [-0.05, 0) is 67.5 Å². The number of rotatable bonds is 6. The molecule has 0 N–H and O–H groups in total. The van der Waals surface area contributed by atoms with Crippen molar-refractivity contribution in [2.45, 2.75) is 38.3 Å². The summed E-state index contributed by atoms with van der Waals surface area (Å²) in [7, 11) is 0. The molecule has 4 aromatic rings. The van der Waals surface area contributed by atoms with E-state index in [1.165, 1.54) is 16.0 Å². The number of thioether (sulfide) groups is 1. The van der Waals surface area contributed by atoms with Crippen molar-refractivity contribution in [1.82, 2.24) is 9.55 Å². The Labute approximate surface area is 196 Å². The Kier molecular flexibility index (Phi) is 6.07. The van der Waals surface area contributed by atoms with Crippen LogP contribution in [0, 0.1) is 12.8 Å². The number of aryl methyl sites for hydroxylation is 2. The lowest BCUT2D eigenvalue weighted by Gasteiger charge is -2.17. The predicted octanol–water partition coefficient (Wildman–Crippen LogP) is 6.05. The largest absolute Gasteiger partial charge is 0.493 e. The summed E-state index contributed by atoms with van der Waals surface area (Å²) in [5.41, 5.74) is 3.31. The first kappa shape index (κ1) is 21.3. The molecule has 0 saturated heterocycles. The maximum atomic E-state index is 13.7. The van der Waals surface area contributed by atoms with E-state index in [2.05, 4.69) is 19.9 Å². The van der Waals surface area contributed by atoms with Gasteiger partial charge in [0, 0.05) is 10.6 Å². The van der Waals surface area contributed by atoms with Crippen LogP contribution in [0.25, 0.3) is 15.9 Å². The van der Waals surface area contributed by atoms with E-state index in [9.17, 15) is 4.79 Å². The number of nitrogens with zero attached hydrogens (tertiary/aromatic N) is 2. The Bertz CT molecular complexity index is 1310. The SMILES string of the molecule is Cc1cccc(OCCSc2nc3sc4c(c3c(=O)n2-c2ccccc2)CCC(C)C4)c1. The number of benzene rings is 2. The molecule has 0 fully saturated rings. The first-order chi connectivity index (χ1) is 15.6. The van der Waals surface area contributed by atoms with Crippen LogP contribution in [0.15, 0.2) is 64.5 Å². The molecule has 5 rings (SSSR count). The molecule has 1 atom stereocenters. The summed E-state index contributed by atoms with van der Waals surface area (Å²) < 4.78 is 7.70. The molecule has 4 nitrogen and oxygen atoms in total. The number of hydrogen-bond acceptors (Lipinski definition) is 5. The third-order valence-corrected chi connectivity index (χ3v) is 7.94. The lowest BCUT2D eigenvalue weighted by Crippen LogP contribution is -2.23. The van der Waals surface area contributed by atoms with Crippen molar-refractivity contribution in [2.75, 3.05) is 12.4 Å². The van der Waals surface area contributed by atoms with Gasteiger partial charge < -0.3 is 4.74 Å². The van der Waals surface area contributed by atoms with Crippen LogP contribution in [-0.2, 0) is 12.8 Å². The van der Waals surface area contributed by atoms with Gasteiger partial charge in [-0.1, -0.05) is 49.0 Å². The summed E-state index contributed by atoms with van der Waals surface area (Å²) in [6, 6.07) is 17.9. The Morgan fingerprint density at radius 2 is 2.03 bits per heavy atom. The second-order valence-corrected chi connectivity index (χ2v) is 10.6. The fourth-order valence-corrected chi connectivity index (χ4v) is 6.52. The summed E-state index contributed by atoms with van der Waals surface area (Å²) >= 11 is 3.28. The van der Waals surface area contributed by atoms with Crippen LogP contribution in [0.5, 0.6) is 5.75 Å². The van der Waals surface area contributed by atoms with Crippen molar-refractivity contribution in [3.05, 3.63) is 81.0 Å². The van der Waals surface area contributed by atoms with Gasteiger partial charge in [0.1, 0.15) is 10.6 Å². The van der Waals surface area contributed by atoms with Gasteiger partial charge in [0.15, 0.2) is 5.16 Å². The Morgan fingerprint density at radius 1 is 1.19 bits per heavy atom. The Hall–Kier alpha value is -2.57. The van der Waals surface area contributed by atoms with Gasteiger partial charge in [0.2, 0.25) is 0 Å². The first-order valence-electron chi connectivity index (χ1n) is 11.0. The van der Waals surface area contributed by atoms with Gasteiger partial charge in [0.05, 0.1) is 17.7 Å². The van der Waals surface area contributed by atoms with E-state index in [0.29, 0.717) is 18.3 Å². The third-order valence-electron chi connectivity index (χ3n) is 5.89.